The van der Waals surface area contributed by atoms with E-state index in [2.05, 4.69) is 5.32 Å². The van der Waals surface area contributed by atoms with Gasteiger partial charge in [0.25, 0.3) is 0 Å². The first-order chi connectivity index (χ1) is 14.4. The Hall–Kier alpha value is -3.52. The maximum absolute atomic E-state index is 12.4. The van der Waals surface area contributed by atoms with Crippen molar-refractivity contribution in [3.05, 3.63) is 86.2 Å². The number of carbonyl (C=O) groups is 1. The summed E-state index contributed by atoms with van der Waals surface area (Å²) in [5.41, 5.74) is -0.263. The van der Waals surface area contributed by atoms with Crippen molar-refractivity contribution >= 4 is 23.2 Å². The molecule has 0 radical (unpaired) electrons. The van der Waals surface area contributed by atoms with Crippen LogP contribution in [0.2, 0.25) is 5.02 Å². The summed E-state index contributed by atoms with van der Waals surface area (Å²) >= 11 is 5.86. The zero-order valence-corrected chi connectivity index (χ0v) is 17.2. The highest BCUT2D eigenvalue weighted by molar-refractivity contribution is 6.30. The van der Waals surface area contributed by atoms with Gasteiger partial charge in [-0.05, 0) is 29.8 Å². The van der Waals surface area contributed by atoms with Gasteiger partial charge in [-0.2, -0.15) is 0 Å². The molecule has 3 rings (SSSR count). The van der Waals surface area contributed by atoms with Crippen molar-refractivity contribution in [2.45, 2.75) is 13.1 Å². The van der Waals surface area contributed by atoms with Gasteiger partial charge in [0.15, 0.2) is 0 Å². The van der Waals surface area contributed by atoms with E-state index < -0.39 is 17.0 Å². The highest BCUT2D eigenvalue weighted by atomic mass is 35.5. The molecule has 30 heavy (non-hydrogen) atoms. The number of carbonyl (C=O) groups excluding carboxylic acids is 1. The Morgan fingerprint density at radius 2 is 1.63 bits per heavy atom. The zero-order chi connectivity index (χ0) is 21.7. The molecule has 3 aromatic rings. The molecule has 0 aliphatic carbocycles. The van der Waals surface area contributed by atoms with Crippen molar-refractivity contribution in [3.8, 4) is 11.5 Å². The molecule has 0 aliphatic heterocycles. The van der Waals surface area contributed by atoms with Crippen LogP contribution in [0.3, 0.4) is 0 Å². The van der Waals surface area contributed by atoms with Crippen LogP contribution >= 0.6 is 11.6 Å². The first kappa shape index (κ1) is 21.2. The van der Waals surface area contributed by atoms with E-state index in [4.69, 9.17) is 21.1 Å². The average molecular weight is 430 g/mol. The number of halogens is 1. The van der Waals surface area contributed by atoms with Crippen LogP contribution < -0.4 is 25.9 Å². The minimum Gasteiger partial charge on any atom is -0.497 e. The van der Waals surface area contributed by atoms with E-state index >= 15 is 0 Å². The fourth-order valence-electron chi connectivity index (χ4n) is 2.82. The van der Waals surface area contributed by atoms with Gasteiger partial charge >= 0.3 is 11.1 Å². The number of hydrogen-bond donors (Lipinski definition) is 1. The second-order valence-electron chi connectivity index (χ2n) is 6.41. The molecule has 1 N–H and O–H groups in total. The fraction of sp³-hybridized carbons (Fsp3) is 0.190. The lowest BCUT2D eigenvalue weighted by Gasteiger charge is -2.13. The monoisotopic (exact) mass is 429 g/mol. The molecule has 0 spiro atoms. The summed E-state index contributed by atoms with van der Waals surface area (Å²) in [7, 11) is 2.99. The third-order valence-corrected chi connectivity index (χ3v) is 4.65. The normalized spacial score (nSPS) is 10.5. The number of anilines is 1. The molecule has 0 fully saturated rings. The van der Waals surface area contributed by atoms with Gasteiger partial charge < -0.3 is 19.4 Å². The van der Waals surface area contributed by atoms with Crippen molar-refractivity contribution in [2.24, 2.45) is 0 Å². The van der Waals surface area contributed by atoms with Crippen molar-refractivity contribution in [1.82, 2.24) is 9.13 Å². The Kier molecular flexibility index (Phi) is 6.58. The number of amides is 1. The molecule has 1 aromatic heterocycles. The van der Waals surface area contributed by atoms with Crippen LogP contribution in [0.1, 0.15) is 5.56 Å². The second-order valence-corrected chi connectivity index (χ2v) is 6.84. The molecule has 0 saturated heterocycles. The highest BCUT2D eigenvalue weighted by Gasteiger charge is 2.12. The largest absolute Gasteiger partial charge is 0.497 e. The van der Waals surface area contributed by atoms with Gasteiger partial charge in [0.05, 0.1) is 26.5 Å². The minimum atomic E-state index is -0.789. The van der Waals surface area contributed by atoms with E-state index in [0.717, 1.165) is 10.1 Å². The first-order valence-corrected chi connectivity index (χ1v) is 9.35. The lowest BCUT2D eigenvalue weighted by Crippen LogP contribution is -2.42. The molecular weight excluding hydrogens is 410 g/mol. The summed E-state index contributed by atoms with van der Waals surface area (Å²) < 4.78 is 12.7. The third kappa shape index (κ3) is 4.90. The Bertz CT molecular complexity index is 1170. The van der Waals surface area contributed by atoms with Crippen LogP contribution in [-0.2, 0) is 17.9 Å². The lowest BCUT2D eigenvalue weighted by molar-refractivity contribution is -0.116. The van der Waals surface area contributed by atoms with Crippen molar-refractivity contribution in [1.29, 1.82) is 0 Å². The molecule has 0 bridgehead atoms. The maximum atomic E-state index is 12.4. The summed E-state index contributed by atoms with van der Waals surface area (Å²) in [5.74, 6) is 0.509. The summed E-state index contributed by atoms with van der Waals surface area (Å²) in [5, 5.41) is 3.25. The van der Waals surface area contributed by atoms with E-state index in [1.807, 2.05) is 0 Å². The van der Waals surface area contributed by atoms with E-state index in [0.29, 0.717) is 22.2 Å². The number of rotatable bonds is 7. The topological polar surface area (TPSA) is 91.6 Å². The molecule has 1 heterocycles. The van der Waals surface area contributed by atoms with Gasteiger partial charge in [-0.25, -0.2) is 0 Å². The molecule has 2 aromatic carbocycles. The smallest absolute Gasteiger partial charge is 0.316 e. The molecule has 0 atom stereocenters. The summed E-state index contributed by atoms with van der Waals surface area (Å²) in [6.07, 6.45) is 2.88. The van der Waals surface area contributed by atoms with Gasteiger partial charge in [0.1, 0.15) is 18.0 Å². The molecule has 8 nitrogen and oxygen atoms in total. The number of nitrogens with zero attached hydrogens (tertiary/aromatic N) is 2. The predicted octanol–water partition coefficient (Wildman–Crippen LogP) is 2.37. The van der Waals surface area contributed by atoms with Gasteiger partial charge in [-0.15, -0.1) is 0 Å². The second kappa shape index (κ2) is 9.32. The number of benzene rings is 2. The van der Waals surface area contributed by atoms with Crippen molar-refractivity contribution in [3.63, 3.8) is 0 Å². The van der Waals surface area contributed by atoms with Gasteiger partial charge in [-0.1, -0.05) is 23.7 Å². The van der Waals surface area contributed by atoms with Gasteiger partial charge in [0, 0.05) is 23.5 Å². The zero-order valence-electron chi connectivity index (χ0n) is 16.4. The first-order valence-electron chi connectivity index (χ1n) is 8.97. The summed E-state index contributed by atoms with van der Waals surface area (Å²) in [6, 6.07) is 11.9. The van der Waals surface area contributed by atoms with Crippen molar-refractivity contribution < 1.29 is 14.3 Å². The van der Waals surface area contributed by atoms with Crippen LogP contribution in [0.15, 0.2) is 64.4 Å². The van der Waals surface area contributed by atoms with Crippen LogP contribution in [0.5, 0.6) is 11.5 Å². The van der Waals surface area contributed by atoms with E-state index in [9.17, 15) is 14.4 Å². The number of aromatic nitrogens is 2. The number of methoxy groups -OCH3 is 2. The quantitative estimate of drug-likeness (QED) is 0.582. The van der Waals surface area contributed by atoms with Crippen LogP contribution in [0.25, 0.3) is 0 Å². The standard InChI is InChI=1S/C21H20ClN3O5/c1-29-16-7-8-17(18(11-16)30-2)23-19(26)13-25-10-9-24(20(27)21(25)28)12-14-3-5-15(22)6-4-14/h3-11H,12-13H2,1-2H3,(H,23,26). The summed E-state index contributed by atoms with van der Waals surface area (Å²) in [6.45, 7) is -0.0909. The Morgan fingerprint density at radius 3 is 2.30 bits per heavy atom. The highest BCUT2D eigenvalue weighted by Crippen LogP contribution is 2.28. The molecule has 0 saturated carbocycles. The van der Waals surface area contributed by atoms with E-state index in [-0.39, 0.29) is 13.1 Å². The molecular formula is C21H20ClN3O5. The fourth-order valence-corrected chi connectivity index (χ4v) is 2.95. The van der Waals surface area contributed by atoms with Crippen molar-refractivity contribution in [2.75, 3.05) is 19.5 Å². The van der Waals surface area contributed by atoms with Crippen LogP contribution in [-0.4, -0.2) is 29.3 Å². The van der Waals surface area contributed by atoms with E-state index in [1.165, 1.54) is 31.2 Å². The predicted molar refractivity (Wildman–Crippen MR) is 114 cm³/mol. The molecule has 1 amide bonds. The SMILES string of the molecule is COc1ccc(NC(=O)Cn2ccn(Cc3ccc(Cl)cc3)c(=O)c2=O)c(OC)c1. The Labute approximate surface area is 177 Å². The maximum Gasteiger partial charge on any atom is 0.316 e. The average Bonchev–Trinajstić information content (AvgIpc) is 2.75. The molecule has 0 aliphatic rings. The molecule has 9 heteroatoms. The number of nitrogens with one attached hydrogen (secondary N) is 1. The molecule has 156 valence electrons. The third-order valence-electron chi connectivity index (χ3n) is 4.39. The summed E-state index contributed by atoms with van der Waals surface area (Å²) in [4.78, 5) is 37.2. The van der Waals surface area contributed by atoms with Gasteiger partial charge in [-0.3, -0.25) is 19.0 Å². The van der Waals surface area contributed by atoms with Gasteiger partial charge in [0.2, 0.25) is 5.91 Å². The van der Waals surface area contributed by atoms with Crippen LogP contribution in [0.4, 0.5) is 5.69 Å². The lowest BCUT2D eigenvalue weighted by atomic mass is 10.2. The molecule has 0 unspecified atom stereocenters. The Balaban J connectivity index is 1.75. The van der Waals surface area contributed by atoms with E-state index in [1.54, 1.807) is 42.5 Å². The Morgan fingerprint density at radius 1 is 0.967 bits per heavy atom. The number of hydrogen-bond acceptors (Lipinski definition) is 5. The van der Waals surface area contributed by atoms with Crippen LogP contribution in [0, 0.1) is 0 Å². The minimum absolute atomic E-state index is 0.224. The number of ether oxygens (including phenoxy) is 2.